The summed E-state index contributed by atoms with van der Waals surface area (Å²) in [5, 5.41) is 7.64. The molecular formula is C17H25N3O. The van der Waals surface area contributed by atoms with Crippen molar-refractivity contribution in [1.82, 2.24) is 15.1 Å². The Bertz CT molecular complexity index is 569. The SMILES string of the molecule is Cn1nccc1CCOc1cccc(CNC(C)(C)C)c1. The monoisotopic (exact) mass is 287 g/mol. The molecule has 0 amide bonds. The lowest BCUT2D eigenvalue weighted by molar-refractivity contribution is 0.318. The summed E-state index contributed by atoms with van der Waals surface area (Å²) in [4.78, 5) is 0. The second-order valence-corrected chi connectivity index (χ2v) is 6.30. The van der Waals surface area contributed by atoms with Crippen molar-refractivity contribution in [3.8, 4) is 5.75 Å². The molecule has 1 aromatic carbocycles. The van der Waals surface area contributed by atoms with Gasteiger partial charge < -0.3 is 10.1 Å². The minimum absolute atomic E-state index is 0.121. The standard InChI is InChI=1S/C17H25N3O/c1-17(2,3)18-13-14-6-5-7-16(12-14)21-11-9-15-8-10-19-20(15)4/h5-8,10,12,18H,9,11,13H2,1-4H3. The van der Waals surface area contributed by atoms with Gasteiger partial charge in [-0.05, 0) is 44.5 Å². The Balaban J connectivity index is 1.85. The van der Waals surface area contributed by atoms with Crippen molar-refractivity contribution < 1.29 is 4.74 Å². The predicted molar refractivity (Wildman–Crippen MR) is 85.4 cm³/mol. The van der Waals surface area contributed by atoms with E-state index in [9.17, 15) is 0 Å². The van der Waals surface area contributed by atoms with Gasteiger partial charge in [-0.1, -0.05) is 12.1 Å². The molecule has 1 aromatic heterocycles. The molecule has 114 valence electrons. The Labute approximate surface area is 127 Å². The van der Waals surface area contributed by atoms with E-state index in [0.717, 1.165) is 18.7 Å². The Morgan fingerprint density at radius 3 is 2.71 bits per heavy atom. The van der Waals surface area contributed by atoms with Gasteiger partial charge in [-0.3, -0.25) is 4.68 Å². The Kier molecular flexibility index (Phi) is 5.02. The molecule has 4 heteroatoms. The van der Waals surface area contributed by atoms with Crippen LogP contribution in [-0.4, -0.2) is 21.9 Å². The lowest BCUT2D eigenvalue weighted by Gasteiger charge is -2.20. The van der Waals surface area contributed by atoms with Gasteiger partial charge in [-0.2, -0.15) is 5.10 Å². The van der Waals surface area contributed by atoms with Gasteiger partial charge in [0, 0.05) is 37.4 Å². The first kappa shape index (κ1) is 15.6. The van der Waals surface area contributed by atoms with Gasteiger partial charge in [0.25, 0.3) is 0 Å². The van der Waals surface area contributed by atoms with Gasteiger partial charge in [0.2, 0.25) is 0 Å². The minimum atomic E-state index is 0.121. The molecule has 0 aliphatic carbocycles. The third-order valence-electron chi connectivity index (χ3n) is 3.27. The zero-order valence-corrected chi connectivity index (χ0v) is 13.4. The molecule has 0 spiro atoms. The van der Waals surface area contributed by atoms with Gasteiger partial charge in [0.05, 0.1) is 6.61 Å². The Hall–Kier alpha value is -1.81. The Morgan fingerprint density at radius 2 is 2.05 bits per heavy atom. The van der Waals surface area contributed by atoms with Crippen LogP contribution in [0.5, 0.6) is 5.75 Å². The van der Waals surface area contributed by atoms with Gasteiger partial charge in [-0.25, -0.2) is 0 Å². The van der Waals surface area contributed by atoms with Gasteiger partial charge in [0.1, 0.15) is 5.75 Å². The lowest BCUT2D eigenvalue weighted by atomic mass is 10.1. The molecule has 0 aliphatic rings. The lowest BCUT2D eigenvalue weighted by Crippen LogP contribution is -2.35. The van der Waals surface area contributed by atoms with Crippen molar-refractivity contribution in [2.75, 3.05) is 6.61 Å². The molecule has 2 aromatic rings. The van der Waals surface area contributed by atoms with Gasteiger partial charge in [0.15, 0.2) is 0 Å². The van der Waals surface area contributed by atoms with Crippen LogP contribution >= 0.6 is 0 Å². The zero-order chi connectivity index (χ0) is 15.3. The number of nitrogens with zero attached hydrogens (tertiary/aromatic N) is 2. The van der Waals surface area contributed by atoms with E-state index in [1.165, 1.54) is 11.3 Å². The van der Waals surface area contributed by atoms with E-state index < -0.39 is 0 Å². The van der Waals surface area contributed by atoms with Crippen LogP contribution in [-0.2, 0) is 20.0 Å². The van der Waals surface area contributed by atoms with E-state index in [2.05, 4.69) is 43.3 Å². The van der Waals surface area contributed by atoms with Crippen LogP contribution in [0.1, 0.15) is 32.0 Å². The van der Waals surface area contributed by atoms with E-state index in [-0.39, 0.29) is 5.54 Å². The van der Waals surface area contributed by atoms with Crippen molar-refractivity contribution in [2.45, 2.75) is 39.3 Å². The molecule has 1 N–H and O–H groups in total. The van der Waals surface area contributed by atoms with E-state index in [0.29, 0.717) is 6.61 Å². The average Bonchev–Trinajstić information content (AvgIpc) is 2.82. The number of benzene rings is 1. The summed E-state index contributed by atoms with van der Waals surface area (Å²) in [6.07, 6.45) is 2.68. The number of hydrogen-bond acceptors (Lipinski definition) is 3. The topological polar surface area (TPSA) is 39.1 Å². The highest BCUT2D eigenvalue weighted by atomic mass is 16.5. The van der Waals surface area contributed by atoms with Crippen molar-refractivity contribution in [3.05, 3.63) is 47.8 Å². The molecule has 0 atom stereocenters. The number of nitrogens with one attached hydrogen (secondary N) is 1. The minimum Gasteiger partial charge on any atom is -0.493 e. The highest BCUT2D eigenvalue weighted by Gasteiger charge is 2.08. The summed E-state index contributed by atoms with van der Waals surface area (Å²) in [6.45, 7) is 8.02. The van der Waals surface area contributed by atoms with Crippen LogP contribution in [0.4, 0.5) is 0 Å². The molecule has 0 radical (unpaired) electrons. The largest absolute Gasteiger partial charge is 0.493 e. The molecule has 0 unspecified atom stereocenters. The fourth-order valence-corrected chi connectivity index (χ4v) is 2.03. The van der Waals surface area contributed by atoms with Gasteiger partial charge >= 0.3 is 0 Å². The first-order valence-electron chi connectivity index (χ1n) is 7.38. The summed E-state index contributed by atoms with van der Waals surface area (Å²) in [5.74, 6) is 0.922. The van der Waals surface area contributed by atoms with Crippen molar-refractivity contribution >= 4 is 0 Å². The molecule has 0 aliphatic heterocycles. The second kappa shape index (κ2) is 6.76. The highest BCUT2D eigenvalue weighted by molar-refractivity contribution is 5.28. The molecule has 0 fully saturated rings. The number of rotatable bonds is 6. The fraction of sp³-hybridized carbons (Fsp3) is 0.471. The quantitative estimate of drug-likeness (QED) is 0.888. The summed E-state index contributed by atoms with van der Waals surface area (Å²) >= 11 is 0. The van der Waals surface area contributed by atoms with Crippen molar-refractivity contribution in [3.63, 3.8) is 0 Å². The van der Waals surface area contributed by atoms with Crippen LogP contribution in [0.3, 0.4) is 0 Å². The predicted octanol–water partition coefficient (Wildman–Crippen LogP) is 2.93. The second-order valence-electron chi connectivity index (χ2n) is 6.30. The molecule has 2 rings (SSSR count). The first-order chi connectivity index (χ1) is 9.94. The van der Waals surface area contributed by atoms with E-state index in [1.807, 2.05) is 36.1 Å². The van der Waals surface area contributed by atoms with Gasteiger partial charge in [-0.15, -0.1) is 0 Å². The fourth-order valence-electron chi connectivity index (χ4n) is 2.03. The van der Waals surface area contributed by atoms with Crippen LogP contribution in [0, 0.1) is 0 Å². The van der Waals surface area contributed by atoms with E-state index in [1.54, 1.807) is 0 Å². The number of hydrogen-bond donors (Lipinski definition) is 1. The molecule has 0 saturated carbocycles. The summed E-state index contributed by atoms with van der Waals surface area (Å²) in [5.41, 5.74) is 2.54. The third kappa shape index (κ3) is 5.23. The zero-order valence-electron chi connectivity index (χ0n) is 13.4. The maximum atomic E-state index is 5.84. The maximum absolute atomic E-state index is 5.84. The van der Waals surface area contributed by atoms with Crippen molar-refractivity contribution in [1.29, 1.82) is 0 Å². The van der Waals surface area contributed by atoms with Crippen LogP contribution in [0.2, 0.25) is 0 Å². The highest BCUT2D eigenvalue weighted by Crippen LogP contribution is 2.14. The van der Waals surface area contributed by atoms with Crippen LogP contribution in [0.25, 0.3) is 0 Å². The Morgan fingerprint density at radius 1 is 1.24 bits per heavy atom. The normalized spacial score (nSPS) is 11.6. The molecule has 4 nitrogen and oxygen atoms in total. The molecular weight excluding hydrogens is 262 g/mol. The number of ether oxygens (including phenoxy) is 1. The number of aromatic nitrogens is 2. The number of aryl methyl sites for hydroxylation is 1. The van der Waals surface area contributed by atoms with Crippen LogP contribution in [0.15, 0.2) is 36.5 Å². The molecule has 21 heavy (non-hydrogen) atoms. The molecule has 0 saturated heterocycles. The summed E-state index contributed by atoms with van der Waals surface area (Å²) in [6, 6.07) is 10.3. The average molecular weight is 287 g/mol. The van der Waals surface area contributed by atoms with Crippen molar-refractivity contribution in [2.24, 2.45) is 7.05 Å². The van der Waals surface area contributed by atoms with Crippen LogP contribution < -0.4 is 10.1 Å². The molecule has 1 heterocycles. The first-order valence-corrected chi connectivity index (χ1v) is 7.38. The smallest absolute Gasteiger partial charge is 0.119 e. The van der Waals surface area contributed by atoms with E-state index >= 15 is 0 Å². The summed E-state index contributed by atoms with van der Waals surface area (Å²) < 4.78 is 7.72. The maximum Gasteiger partial charge on any atom is 0.119 e. The molecule has 0 bridgehead atoms. The van der Waals surface area contributed by atoms with E-state index in [4.69, 9.17) is 4.74 Å². The third-order valence-corrected chi connectivity index (χ3v) is 3.27. The summed E-state index contributed by atoms with van der Waals surface area (Å²) in [7, 11) is 1.95.